The topological polar surface area (TPSA) is 71.6 Å². The molecule has 124 valence electrons. The highest BCUT2D eigenvalue weighted by atomic mass is 16.1. The van der Waals surface area contributed by atoms with Crippen molar-refractivity contribution >= 4 is 16.9 Å². The maximum atomic E-state index is 12.0. The number of carbonyl (C=O) groups excluding carboxylic acids is 1. The van der Waals surface area contributed by atoms with Gasteiger partial charge in [0.1, 0.15) is 5.65 Å². The van der Waals surface area contributed by atoms with Crippen molar-refractivity contribution < 1.29 is 4.79 Å². The summed E-state index contributed by atoms with van der Waals surface area (Å²) in [6.45, 7) is 0.610. The number of carbonyl (C=O) groups is 1. The molecule has 2 aromatic rings. The maximum Gasteiger partial charge on any atom is 0.220 e. The lowest BCUT2D eigenvalue weighted by Crippen LogP contribution is -2.27. The van der Waals surface area contributed by atoms with Crippen molar-refractivity contribution in [1.29, 1.82) is 0 Å². The molecule has 1 N–H and O–H groups in total. The minimum absolute atomic E-state index is 0.0331. The van der Waals surface area contributed by atoms with Crippen molar-refractivity contribution in [2.45, 2.75) is 37.8 Å². The van der Waals surface area contributed by atoms with Gasteiger partial charge in [-0.1, -0.05) is 0 Å². The number of hydrogen-bond acceptors (Lipinski definition) is 4. The third kappa shape index (κ3) is 3.62. The molecule has 0 saturated carbocycles. The number of nitrogens with one attached hydrogen (secondary N) is 1. The minimum atomic E-state index is -0.384. The van der Waals surface area contributed by atoms with Gasteiger partial charge < -0.3 is 9.88 Å². The van der Waals surface area contributed by atoms with E-state index in [9.17, 15) is 4.79 Å². The number of fused-ring (bicyclic) bond motifs is 1. The fraction of sp³-hybridized carbons (Fsp3) is 0.444. The van der Waals surface area contributed by atoms with Gasteiger partial charge in [0.2, 0.25) is 5.91 Å². The Bertz CT molecular complexity index is 808. The highest BCUT2D eigenvalue weighted by Gasteiger charge is 2.39. The molecule has 0 atom stereocenters. The van der Waals surface area contributed by atoms with Gasteiger partial charge in [0, 0.05) is 57.1 Å². The number of aryl methyl sites for hydroxylation is 1. The fourth-order valence-corrected chi connectivity index (χ4v) is 2.90. The highest BCUT2D eigenvalue weighted by molar-refractivity contribution is 5.80. The molecule has 1 aliphatic heterocycles. The molecule has 6 heteroatoms. The zero-order valence-electron chi connectivity index (χ0n) is 13.8. The van der Waals surface area contributed by atoms with Gasteiger partial charge in [-0.05, 0) is 24.1 Å². The van der Waals surface area contributed by atoms with E-state index in [0.717, 1.165) is 23.9 Å². The molecule has 0 saturated heterocycles. The summed E-state index contributed by atoms with van der Waals surface area (Å²) in [6, 6.07) is 3.99. The Labute approximate surface area is 141 Å². The normalized spacial score (nSPS) is 14.5. The molecule has 0 fully saturated rings. The summed E-state index contributed by atoms with van der Waals surface area (Å²) in [5.74, 6) is 2.63. The number of amides is 1. The molecule has 1 aliphatic rings. The fourth-order valence-electron chi connectivity index (χ4n) is 2.90. The van der Waals surface area contributed by atoms with Gasteiger partial charge in [0.15, 0.2) is 5.66 Å². The van der Waals surface area contributed by atoms with Crippen LogP contribution in [0, 0.1) is 12.3 Å². The molecule has 24 heavy (non-hydrogen) atoms. The monoisotopic (exact) mass is 323 g/mol. The van der Waals surface area contributed by atoms with E-state index in [4.69, 9.17) is 6.42 Å². The van der Waals surface area contributed by atoms with Crippen LogP contribution in [0.3, 0.4) is 0 Å². The molecule has 0 bridgehead atoms. The van der Waals surface area contributed by atoms with E-state index >= 15 is 0 Å². The summed E-state index contributed by atoms with van der Waals surface area (Å²) in [7, 11) is 1.98. The summed E-state index contributed by atoms with van der Waals surface area (Å²) >= 11 is 0. The molecule has 0 aliphatic carbocycles. The molecule has 3 heterocycles. The third-order valence-electron chi connectivity index (χ3n) is 4.34. The molecule has 6 nitrogen and oxygen atoms in total. The largest absolute Gasteiger partial charge is 0.356 e. The Balaban J connectivity index is 1.44. The first-order valence-electron chi connectivity index (χ1n) is 8.17. The van der Waals surface area contributed by atoms with E-state index in [1.165, 1.54) is 5.56 Å². The van der Waals surface area contributed by atoms with Crippen molar-refractivity contribution in [2.75, 3.05) is 6.54 Å². The van der Waals surface area contributed by atoms with Crippen molar-refractivity contribution in [3.8, 4) is 12.3 Å². The predicted octanol–water partition coefficient (Wildman–Crippen LogP) is 2.59. The molecule has 2 aromatic heterocycles. The Morgan fingerprint density at radius 3 is 3.00 bits per heavy atom. The van der Waals surface area contributed by atoms with Crippen LogP contribution in [0.1, 0.15) is 31.2 Å². The summed E-state index contributed by atoms with van der Waals surface area (Å²) in [6.07, 6.45) is 12.3. The van der Waals surface area contributed by atoms with E-state index in [0.29, 0.717) is 25.8 Å². The Hall–Kier alpha value is -2.68. The van der Waals surface area contributed by atoms with Crippen LogP contribution < -0.4 is 5.32 Å². The van der Waals surface area contributed by atoms with Crippen molar-refractivity contribution in [3.05, 3.63) is 30.1 Å². The average molecular weight is 323 g/mol. The minimum Gasteiger partial charge on any atom is -0.356 e. The predicted molar refractivity (Wildman–Crippen MR) is 92.3 cm³/mol. The zero-order valence-corrected chi connectivity index (χ0v) is 13.8. The van der Waals surface area contributed by atoms with E-state index in [-0.39, 0.29) is 11.6 Å². The average Bonchev–Trinajstić information content (AvgIpc) is 3.30. The second-order valence-corrected chi connectivity index (χ2v) is 6.13. The molecule has 0 spiro atoms. The number of nitrogens with zero attached hydrogens (tertiary/aromatic N) is 4. The summed E-state index contributed by atoms with van der Waals surface area (Å²) in [5.41, 5.74) is 1.77. The SMILES string of the molecule is C#CCCC1(CCC(=O)NCCc2cn(C)c3ncccc23)N=N1. The van der Waals surface area contributed by atoms with Gasteiger partial charge in [-0.2, -0.15) is 10.2 Å². The first-order chi connectivity index (χ1) is 11.6. The van der Waals surface area contributed by atoms with E-state index in [2.05, 4.69) is 38.7 Å². The van der Waals surface area contributed by atoms with Gasteiger partial charge in [-0.3, -0.25) is 4.79 Å². The number of aromatic nitrogens is 2. The quantitative estimate of drug-likeness (QED) is 0.758. The highest BCUT2D eigenvalue weighted by Crippen LogP contribution is 2.37. The first-order valence-corrected chi connectivity index (χ1v) is 8.17. The van der Waals surface area contributed by atoms with Crippen molar-refractivity contribution in [2.24, 2.45) is 17.3 Å². The van der Waals surface area contributed by atoms with Crippen LogP contribution >= 0.6 is 0 Å². The Morgan fingerprint density at radius 1 is 1.42 bits per heavy atom. The van der Waals surface area contributed by atoms with Crippen molar-refractivity contribution in [1.82, 2.24) is 14.9 Å². The molecular formula is C18H21N5O. The number of pyridine rings is 1. The van der Waals surface area contributed by atoms with Crippen LogP contribution in [0.25, 0.3) is 11.0 Å². The van der Waals surface area contributed by atoms with Gasteiger partial charge in [0.05, 0.1) is 0 Å². The van der Waals surface area contributed by atoms with Gasteiger partial charge in [-0.15, -0.1) is 12.3 Å². The summed E-state index contributed by atoms with van der Waals surface area (Å²) in [4.78, 5) is 16.4. The summed E-state index contributed by atoms with van der Waals surface area (Å²) in [5, 5.41) is 12.2. The second kappa shape index (κ2) is 6.83. The number of rotatable bonds is 8. The van der Waals surface area contributed by atoms with Gasteiger partial charge in [0.25, 0.3) is 0 Å². The van der Waals surface area contributed by atoms with Crippen LogP contribution in [0.2, 0.25) is 0 Å². The Kier molecular flexibility index (Phi) is 4.61. The molecule has 0 aromatic carbocycles. The molecule has 3 rings (SSSR count). The standard InChI is InChI=1S/C18H21N5O/c1-3-4-9-18(21-22-18)10-7-16(24)19-12-8-14-13-23(2)17-15(14)6-5-11-20-17/h1,5-6,11,13H,4,7-10,12H2,2H3,(H,19,24). The van der Waals surface area contributed by atoms with E-state index in [1.54, 1.807) is 6.20 Å². The lowest BCUT2D eigenvalue weighted by atomic mass is 10.0. The number of hydrogen-bond donors (Lipinski definition) is 1. The third-order valence-corrected chi connectivity index (χ3v) is 4.34. The molecular weight excluding hydrogens is 302 g/mol. The van der Waals surface area contributed by atoms with Crippen LogP contribution in [-0.2, 0) is 18.3 Å². The van der Waals surface area contributed by atoms with Crippen LogP contribution in [0.15, 0.2) is 34.8 Å². The van der Waals surface area contributed by atoms with Crippen LogP contribution in [0.4, 0.5) is 0 Å². The maximum absolute atomic E-state index is 12.0. The van der Waals surface area contributed by atoms with Gasteiger partial charge >= 0.3 is 0 Å². The zero-order chi connectivity index (χ0) is 17.0. The number of terminal acetylenes is 1. The van der Waals surface area contributed by atoms with Crippen LogP contribution in [0.5, 0.6) is 0 Å². The van der Waals surface area contributed by atoms with Crippen molar-refractivity contribution in [3.63, 3.8) is 0 Å². The molecule has 0 radical (unpaired) electrons. The lowest BCUT2D eigenvalue weighted by Gasteiger charge is -2.09. The Morgan fingerprint density at radius 2 is 2.25 bits per heavy atom. The lowest BCUT2D eigenvalue weighted by molar-refractivity contribution is -0.121. The van der Waals surface area contributed by atoms with E-state index < -0.39 is 0 Å². The molecule has 1 amide bonds. The smallest absolute Gasteiger partial charge is 0.220 e. The second-order valence-electron chi connectivity index (χ2n) is 6.13. The van der Waals surface area contributed by atoms with Crippen LogP contribution in [-0.4, -0.2) is 27.7 Å². The first kappa shape index (κ1) is 16.2. The van der Waals surface area contributed by atoms with E-state index in [1.807, 2.05) is 17.7 Å². The molecule has 0 unspecified atom stereocenters. The summed E-state index contributed by atoms with van der Waals surface area (Å²) < 4.78 is 2.01. The van der Waals surface area contributed by atoms with Gasteiger partial charge in [-0.25, -0.2) is 4.98 Å².